The molecule has 0 N–H and O–H groups in total. The Morgan fingerprint density at radius 1 is 1.45 bits per heavy atom. The standard InChI is InChI=1S/C8H14O3/c1-3-4-7(8(10)11)5-6(2)9/h7H,3-5H2,1-2H3,(H,10,11)/p-1/t7-/m0/s1. The Kier molecular flexibility index (Phi) is 4.50. The molecule has 3 nitrogen and oxygen atoms in total. The van der Waals surface area contributed by atoms with Crippen LogP contribution < -0.4 is 5.11 Å². The van der Waals surface area contributed by atoms with Crippen LogP contribution in [0.4, 0.5) is 0 Å². The molecule has 64 valence electrons. The maximum absolute atomic E-state index is 10.5. The highest BCUT2D eigenvalue weighted by atomic mass is 16.4. The summed E-state index contributed by atoms with van der Waals surface area (Å²) in [6.07, 6.45) is 1.41. The second kappa shape index (κ2) is 4.88. The zero-order valence-electron chi connectivity index (χ0n) is 6.92. The van der Waals surface area contributed by atoms with Gasteiger partial charge in [-0.2, -0.15) is 0 Å². The van der Waals surface area contributed by atoms with Crippen molar-refractivity contribution in [1.29, 1.82) is 0 Å². The predicted octanol–water partition coefficient (Wildman–Crippen LogP) is 0.132. The van der Waals surface area contributed by atoms with Gasteiger partial charge >= 0.3 is 0 Å². The summed E-state index contributed by atoms with van der Waals surface area (Å²) < 4.78 is 0. The van der Waals surface area contributed by atoms with Gasteiger partial charge in [0.2, 0.25) is 0 Å². The monoisotopic (exact) mass is 157 g/mol. The van der Waals surface area contributed by atoms with Crippen LogP contribution in [0.25, 0.3) is 0 Å². The van der Waals surface area contributed by atoms with Gasteiger partial charge in [0.05, 0.1) is 0 Å². The third-order valence-electron chi connectivity index (χ3n) is 1.50. The number of carbonyl (C=O) groups excluding carboxylic acids is 2. The molecule has 0 amide bonds. The number of hydrogen-bond donors (Lipinski definition) is 0. The van der Waals surface area contributed by atoms with Gasteiger partial charge < -0.3 is 14.7 Å². The summed E-state index contributed by atoms with van der Waals surface area (Å²) in [5.74, 6) is -1.78. The van der Waals surface area contributed by atoms with Crippen LogP contribution in [0, 0.1) is 5.92 Å². The minimum Gasteiger partial charge on any atom is -0.550 e. The van der Waals surface area contributed by atoms with Crippen molar-refractivity contribution in [2.75, 3.05) is 0 Å². The molecule has 0 aromatic carbocycles. The average molecular weight is 157 g/mol. The van der Waals surface area contributed by atoms with Gasteiger partial charge in [-0.1, -0.05) is 13.3 Å². The summed E-state index contributed by atoms with van der Waals surface area (Å²) in [4.78, 5) is 20.9. The van der Waals surface area contributed by atoms with Gasteiger partial charge in [0.15, 0.2) is 0 Å². The van der Waals surface area contributed by atoms with Gasteiger partial charge in [0.1, 0.15) is 5.78 Å². The Balaban J connectivity index is 3.89. The quantitative estimate of drug-likeness (QED) is 0.570. The fourth-order valence-corrected chi connectivity index (χ4v) is 0.999. The number of carbonyl (C=O) groups is 2. The van der Waals surface area contributed by atoms with Gasteiger partial charge in [-0.25, -0.2) is 0 Å². The zero-order valence-corrected chi connectivity index (χ0v) is 6.92. The first-order valence-corrected chi connectivity index (χ1v) is 3.78. The molecule has 0 aliphatic rings. The molecular formula is C8H13O3-. The van der Waals surface area contributed by atoms with E-state index >= 15 is 0 Å². The van der Waals surface area contributed by atoms with E-state index in [9.17, 15) is 14.7 Å². The smallest absolute Gasteiger partial charge is 0.130 e. The second-order valence-electron chi connectivity index (χ2n) is 2.71. The number of rotatable bonds is 5. The van der Waals surface area contributed by atoms with Crippen molar-refractivity contribution in [3.05, 3.63) is 0 Å². The average Bonchev–Trinajstić information content (AvgIpc) is 1.86. The predicted molar refractivity (Wildman–Crippen MR) is 38.7 cm³/mol. The Morgan fingerprint density at radius 2 is 2.00 bits per heavy atom. The first kappa shape index (κ1) is 10.1. The van der Waals surface area contributed by atoms with Crippen LogP contribution in [0.3, 0.4) is 0 Å². The molecule has 0 spiro atoms. The van der Waals surface area contributed by atoms with Crippen LogP contribution >= 0.6 is 0 Å². The van der Waals surface area contributed by atoms with E-state index in [0.717, 1.165) is 6.42 Å². The van der Waals surface area contributed by atoms with Crippen LogP contribution in [0.1, 0.15) is 33.1 Å². The van der Waals surface area contributed by atoms with E-state index in [0.29, 0.717) is 6.42 Å². The van der Waals surface area contributed by atoms with Crippen LogP contribution in [-0.4, -0.2) is 11.8 Å². The van der Waals surface area contributed by atoms with E-state index in [-0.39, 0.29) is 12.2 Å². The van der Waals surface area contributed by atoms with Crippen LogP contribution in [0.2, 0.25) is 0 Å². The van der Waals surface area contributed by atoms with E-state index in [1.165, 1.54) is 6.92 Å². The van der Waals surface area contributed by atoms with Crippen LogP contribution in [-0.2, 0) is 9.59 Å². The van der Waals surface area contributed by atoms with E-state index in [2.05, 4.69) is 0 Å². The normalized spacial score (nSPS) is 12.5. The molecule has 0 aromatic heterocycles. The molecule has 0 aliphatic heterocycles. The first-order chi connectivity index (χ1) is 5.07. The molecule has 0 radical (unpaired) electrons. The molecule has 3 heteroatoms. The molecule has 0 saturated carbocycles. The van der Waals surface area contributed by atoms with E-state index in [1.54, 1.807) is 0 Å². The highest BCUT2D eigenvalue weighted by Gasteiger charge is 2.10. The van der Waals surface area contributed by atoms with Gasteiger partial charge in [-0.15, -0.1) is 0 Å². The van der Waals surface area contributed by atoms with E-state index in [4.69, 9.17) is 0 Å². The fourth-order valence-electron chi connectivity index (χ4n) is 0.999. The number of ketones is 1. The molecule has 0 saturated heterocycles. The van der Waals surface area contributed by atoms with Gasteiger partial charge in [-0.3, -0.25) is 0 Å². The minimum atomic E-state index is -1.11. The second-order valence-corrected chi connectivity index (χ2v) is 2.71. The Hall–Kier alpha value is -0.860. The number of Topliss-reactive ketones (excluding diaryl/α,β-unsaturated/α-hetero) is 1. The third kappa shape index (κ3) is 4.53. The maximum atomic E-state index is 10.5. The summed E-state index contributed by atoms with van der Waals surface area (Å²) in [6, 6.07) is 0. The molecule has 0 heterocycles. The van der Waals surface area contributed by atoms with E-state index < -0.39 is 11.9 Å². The van der Waals surface area contributed by atoms with E-state index in [1.807, 2.05) is 6.92 Å². The zero-order chi connectivity index (χ0) is 8.85. The van der Waals surface area contributed by atoms with Crippen LogP contribution in [0.15, 0.2) is 0 Å². The SMILES string of the molecule is CCC[C@@H](CC(C)=O)C(=O)[O-]. The Labute approximate surface area is 66.4 Å². The highest BCUT2D eigenvalue weighted by molar-refractivity contribution is 5.81. The lowest BCUT2D eigenvalue weighted by Gasteiger charge is -2.14. The van der Waals surface area contributed by atoms with Crippen LogP contribution in [0.5, 0.6) is 0 Å². The summed E-state index contributed by atoms with van der Waals surface area (Å²) in [5.41, 5.74) is 0. The lowest BCUT2D eigenvalue weighted by Crippen LogP contribution is -2.32. The summed E-state index contributed by atoms with van der Waals surface area (Å²) in [5, 5.41) is 10.4. The molecule has 1 atom stereocenters. The summed E-state index contributed by atoms with van der Waals surface area (Å²) in [7, 11) is 0. The van der Waals surface area contributed by atoms with Crippen molar-refractivity contribution < 1.29 is 14.7 Å². The van der Waals surface area contributed by atoms with Gasteiger partial charge in [0.25, 0.3) is 0 Å². The maximum Gasteiger partial charge on any atom is 0.130 e. The molecule has 0 rings (SSSR count). The molecule has 11 heavy (non-hydrogen) atoms. The molecule has 0 unspecified atom stereocenters. The topological polar surface area (TPSA) is 57.2 Å². The molecule has 0 fully saturated rings. The molecule has 0 aromatic rings. The van der Waals surface area contributed by atoms with Crippen molar-refractivity contribution in [3.8, 4) is 0 Å². The molecular weight excluding hydrogens is 144 g/mol. The van der Waals surface area contributed by atoms with Crippen molar-refractivity contribution in [1.82, 2.24) is 0 Å². The lowest BCUT2D eigenvalue weighted by molar-refractivity contribution is -0.311. The summed E-state index contributed by atoms with van der Waals surface area (Å²) >= 11 is 0. The van der Waals surface area contributed by atoms with Gasteiger partial charge in [-0.05, 0) is 13.3 Å². The summed E-state index contributed by atoms with van der Waals surface area (Å²) in [6.45, 7) is 3.28. The van der Waals surface area contributed by atoms with Crippen molar-refractivity contribution in [2.45, 2.75) is 33.1 Å². The van der Waals surface area contributed by atoms with Crippen molar-refractivity contribution >= 4 is 11.8 Å². The number of hydrogen-bond acceptors (Lipinski definition) is 3. The van der Waals surface area contributed by atoms with Crippen molar-refractivity contribution in [3.63, 3.8) is 0 Å². The number of carboxylic acids is 1. The number of carboxylic acid groups (broad SMARTS) is 1. The Morgan fingerprint density at radius 3 is 2.27 bits per heavy atom. The highest BCUT2D eigenvalue weighted by Crippen LogP contribution is 2.10. The van der Waals surface area contributed by atoms with Gasteiger partial charge in [0, 0.05) is 18.3 Å². The third-order valence-corrected chi connectivity index (χ3v) is 1.50. The first-order valence-electron chi connectivity index (χ1n) is 3.78. The minimum absolute atomic E-state index is 0.0901. The van der Waals surface area contributed by atoms with Crippen molar-refractivity contribution in [2.24, 2.45) is 5.92 Å². The molecule has 0 bridgehead atoms. The number of aliphatic carboxylic acids is 1. The fraction of sp³-hybridized carbons (Fsp3) is 0.750. The lowest BCUT2D eigenvalue weighted by atomic mass is 9.98. The largest absolute Gasteiger partial charge is 0.550 e. The Bertz CT molecular complexity index is 151. The molecule has 0 aliphatic carbocycles.